The maximum Gasteiger partial charge on any atom is 0.0900 e. The normalized spacial score (nSPS) is 11.5. The molecule has 0 aliphatic heterocycles. The highest BCUT2D eigenvalue weighted by Gasteiger charge is 2.19. The SMILES string of the molecule is c1ccc(-c2cc(-c3ccc(-c4cccc5c4nc(-c4cccc6ccccc46)c4sc6ccccc6c45)cc3)cc(-c3ccccn3)n2)nc1. The lowest BCUT2D eigenvalue weighted by Crippen LogP contribution is -1.94. The second kappa shape index (κ2) is 12.1. The van der Waals surface area contributed by atoms with Crippen LogP contribution < -0.4 is 0 Å². The van der Waals surface area contributed by atoms with Gasteiger partial charge < -0.3 is 0 Å². The Labute approximate surface area is 298 Å². The number of rotatable bonds is 5. The minimum Gasteiger partial charge on any atom is -0.255 e. The van der Waals surface area contributed by atoms with Crippen molar-refractivity contribution < 1.29 is 0 Å². The first-order valence-corrected chi connectivity index (χ1v) is 17.8. The maximum atomic E-state index is 5.55. The van der Waals surface area contributed by atoms with Crippen molar-refractivity contribution in [3.05, 3.63) is 170 Å². The molecular weight excluding hydrogens is 641 g/mol. The second-order valence-electron chi connectivity index (χ2n) is 12.6. The molecule has 0 aliphatic rings. The lowest BCUT2D eigenvalue weighted by Gasteiger charge is -2.13. The van der Waals surface area contributed by atoms with Crippen molar-refractivity contribution in [3.63, 3.8) is 0 Å². The third-order valence-electron chi connectivity index (χ3n) is 9.59. The van der Waals surface area contributed by atoms with Gasteiger partial charge in [0.05, 0.1) is 38.7 Å². The van der Waals surface area contributed by atoms with Crippen molar-refractivity contribution in [1.82, 2.24) is 19.9 Å². The summed E-state index contributed by atoms with van der Waals surface area (Å²) in [6.45, 7) is 0. The number of hydrogen-bond donors (Lipinski definition) is 0. The van der Waals surface area contributed by atoms with E-state index in [4.69, 9.17) is 9.97 Å². The van der Waals surface area contributed by atoms with E-state index in [1.54, 1.807) is 12.4 Å². The zero-order chi connectivity index (χ0) is 33.7. The lowest BCUT2D eigenvalue weighted by molar-refractivity contribution is 1.22. The van der Waals surface area contributed by atoms with Gasteiger partial charge in [0, 0.05) is 44.4 Å². The summed E-state index contributed by atoms with van der Waals surface area (Å²) in [5.74, 6) is 0. The molecular formula is C46H28N4S. The summed E-state index contributed by atoms with van der Waals surface area (Å²) in [4.78, 5) is 19.7. The summed E-state index contributed by atoms with van der Waals surface area (Å²) in [5, 5.41) is 6.12. The summed E-state index contributed by atoms with van der Waals surface area (Å²) in [7, 11) is 0. The molecule has 0 amide bonds. The van der Waals surface area contributed by atoms with Gasteiger partial charge in [-0.1, -0.05) is 115 Å². The van der Waals surface area contributed by atoms with E-state index in [-0.39, 0.29) is 0 Å². The van der Waals surface area contributed by atoms with E-state index >= 15 is 0 Å². The van der Waals surface area contributed by atoms with Crippen molar-refractivity contribution in [1.29, 1.82) is 0 Å². The Morgan fingerprint density at radius 3 is 1.76 bits per heavy atom. The second-order valence-corrected chi connectivity index (χ2v) is 13.7. The minimum absolute atomic E-state index is 0.809. The number of thiophene rings is 1. The van der Waals surface area contributed by atoms with E-state index in [0.29, 0.717) is 0 Å². The van der Waals surface area contributed by atoms with Crippen molar-refractivity contribution in [3.8, 4) is 56.3 Å². The first kappa shape index (κ1) is 29.4. The third-order valence-corrected chi connectivity index (χ3v) is 10.8. The van der Waals surface area contributed by atoms with Gasteiger partial charge in [0.15, 0.2) is 0 Å². The van der Waals surface area contributed by atoms with Crippen LogP contribution >= 0.6 is 11.3 Å². The quantitative estimate of drug-likeness (QED) is 0.183. The van der Waals surface area contributed by atoms with Crippen molar-refractivity contribution in [2.45, 2.75) is 0 Å². The first-order chi connectivity index (χ1) is 25.3. The van der Waals surface area contributed by atoms with Crippen LogP contribution in [0, 0.1) is 0 Å². The first-order valence-electron chi connectivity index (χ1n) is 17.0. The number of aromatic nitrogens is 4. The molecule has 0 fully saturated rings. The Hall–Kier alpha value is -6.56. The predicted octanol–water partition coefficient (Wildman–Crippen LogP) is 12.3. The van der Waals surface area contributed by atoms with Crippen LogP contribution in [-0.2, 0) is 0 Å². The van der Waals surface area contributed by atoms with Gasteiger partial charge in [-0.15, -0.1) is 11.3 Å². The van der Waals surface area contributed by atoms with E-state index < -0.39 is 0 Å². The summed E-state index contributed by atoms with van der Waals surface area (Å²) in [6.07, 6.45) is 3.60. The van der Waals surface area contributed by atoms with Crippen molar-refractivity contribution in [2.75, 3.05) is 0 Å². The van der Waals surface area contributed by atoms with Crippen LogP contribution in [0.15, 0.2) is 170 Å². The van der Waals surface area contributed by atoms with E-state index in [2.05, 4.69) is 131 Å². The fourth-order valence-electron chi connectivity index (χ4n) is 7.19. The van der Waals surface area contributed by atoms with E-state index in [0.717, 1.165) is 61.8 Å². The molecule has 5 aromatic carbocycles. The number of hydrogen-bond acceptors (Lipinski definition) is 5. The molecule has 0 spiro atoms. The molecule has 51 heavy (non-hydrogen) atoms. The highest BCUT2D eigenvalue weighted by molar-refractivity contribution is 7.26. The van der Waals surface area contributed by atoms with Gasteiger partial charge in [-0.2, -0.15) is 0 Å². The largest absolute Gasteiger partial charge is 0.255 e. The van der Waals surface area contributed by atoms with Gasteiger partial charge in [-0.25, -0.2) is 9.97 Å². The highest BCUT2D eigenvalue weighted by atomic mass is 32.1. The number of para-hydroxylation sites is 1. The Balaban J connectivity index is 1.16. The summed E-state index contributed by atoms with van der Waals surface area (Å²) >= 11 is 1.83. The van der Waals surface area contributed by atoms with E-state index in [1.807, 2.05) is 47.7 Å². The molecule has 4 nitrogen and oxygen atoms in total. The van der Waals surface area contributed by atoms with Gasteiger partial charge in [0.1, 0.15) is 0 Å². The minimum atomic E-state index is 0.809. The molecule has 5 heteroatoms. The molecule has 10 aromatic rings. The molecule has 0 radical (unpaired) electrons. The summed E-state index contributed by atoms with van der Waals surface area (Å²) < 4.78 is 2.49. The van der Waals surface area contributed by atoms with Gasteiger partial charge >= 0.3 is 0 Å². The fourth-order valence-corrected chi connectivity index (χ4v) is 8.41. The van der Waals surface area contributed by atoms with Crippen LogP contribution in [0.4, 0.5) is 0 Å². The van der Waals surface area contributed by atoms with Crippen LogP contribution in [0.3, 0.4) is 0 Å². The van der Waals surface area contributed by atoms with Crippen LogP contribution in [-0.4, -0.2) is 19.9 Å². The summed E-state index contributed by atoms with van der Waals surface area (Å²) in [6, 6.07) is 55.3. The van der Waals surface area contributed by atoms with Crippen LogP contribution in [0.5, 0.6) is 0 Å². The Morgan fingerprint density at radius 2 is 1.02 bits per heavy atom. The average Bonchev–Trinajstić information content (AvgIpc) is 3.61. The smallest absolute Gasteiger partial charge is 0.0900 e. The van der Waals surface area contributed by atoms with Crippen LogP contribution in [0.25, 0.3) is 98.1 Å². The standard InChI is InChI=1S/C46H28N4S/c1-2-13-33-30(11-1)12-9-16-35(33)45-46-43(36-14-3-4-20-42(36)51-46)37-17-10-15-34(44(37)50-45)31-23-21-29(22-24-31)32-27-40(38-18-5-7-25-47-38)49-41(28-32)39-19-6-8-26-48-39/h1-28H. The molecule has 0 atom stereocenters. The molecule has 5 heterocycles. The van der Waals surface area contributed by atoms with E-state index in [9.17, 15) is 0 Å². The molecule has 238 valence electrons. The van der Waals surface area contributed by atoms with Gasteiger partial charge in [0.2, 0.25) is 0 Å². The maximum absolute atomic E-state index is 5.55. The number of pyridine rings is 4. The molecule has 0 bridgehead atoms. The molecule has 5 aromatic heterocycles. The average molecular weight is 669 g/mol. The van der Waals surface area contributed by atoms with Crippen molar-refractivity contribution >= 4 is 53.2 Å². The Kier molecular flexibility index (Phi) is 6.96. The van der Waals surface area contributed by atoms with Gasteiger partial charge in [-0.3, -0.25) is 9.97 Å². The van der Waals surface area contributed by atoms with Crippen molar-refractivity contribution in [2.24, 2.45) is 0 Å². The Morgan fingerprint density at radius 1 is 0.412 bits per heavy atom. The monoisotopic (exact) mass is 668 g/mol. The lowest BCUT2D eigenvalue weighted by atomic mass is 9.95. The number of fused-ring (bicyclic) bond motifs is 6. The highest BCUT2D eigenvalue weighted by Crippen LogP contribution is 2.45. The van der Waals surface area contributed by atoms with E-state index in [1.165, 1.54) is 36.3 Å². The zero-order valence-corrected chi connectivity index (χ0v) is 28.2. The third kappa shape index (κ3) is 5.06. The van der Waals surface area contributed by atoms with Gasteiger partial charge in [0.25, 0.3) is 0 Å². The molecule has 0 aliphatic carbocycles. The fraction of sp³-hybridized carbons (Fsp3) is 0. The molecule has 0 N–H and O–H groups in total. The van der Waals surface area contributed by atoms with Gasteiger partial charge in [-0.05, 0) is 69.9 Å². The number of benzene rings is 5. The topological polar surface area (TPSA) is 51.6 Å². The molecule has 0 unspecified atom stereocenters. The Bertz CT molecular complexity index is 2840. The molecule has 10 rings (SSSR count). The predicted molar refractivity (Wildman–Crippen MR) is 213 cm³/mol. The molecule has 0 saturated heterocycles. The van der Waals surface area contributed by atoms with Crippen LogP contribution in [0.1, 0.15) is 0 Å². The zero-order valence-electron chi connectivity index (χ0n) is 27.4. The number of nitrogens with zero attached hydrogens (tertiary/aromatic N) is 4. The summed E-state index contributed by atoms with van der Waals surface area (Å²) in [5.41, 5.74) is 10.8. The molecule has 0 saturated carbocycles. The van der Waals surface area contributed by atoms with Crippen LogP contribution in [0.2, 0.25) is 0 Å².